The first-order chi connectivity index (χ1) is 5.81. The van der Waals surface area contributed by atoms with Gasteiger partial charge in [-0.1, -0.05) is 0 Å². The van der Waals surface area contributed by atoms with E-state index in [1.165, 1.54) is 6.42 Å². The van der Waals surface area contributed by atoms with Crippen LogP contribution in [0.4, 0.5) is 0 Å². The zero-order valence-corrected chi connectivity index (χ0v) is 7.63. The molecule has 0 aromatic heterocycles. The Morgan fingerprint density at radius 2 is 2.50 bits per heavy atom. The van der Waals surface area contributed by atoms with Gasteiger partial charge >= 0.3 is 0 Å². The molecular weight excluding hydrogens is 174 g/mol. The number of hydrogen-bond acceptors (Lipinski definition) is 2. The molecule has 2 rings (SSSR count). The van der Waals surface area contributed by atoms with E-state index in [2.05, 4.69) is 4.90 Å². The van der Waals surface area contributed by atoms with E-state index >= 15 is 0 Å². The summed E-state index contributed by atoms with van der Waals surface area (Å²) in [4.78, 5) is 12.8. The van der Waals surface area contributed by atoms with Crippen molar-refractivity contribution >= 4 is 17.9 Å². The number of nitrogens with zero attached hydrogens (tertiary/aromatic N) is 1. The Labute approximate surface area is 77.2 Å². The quantitative estimate of drug-likeness (QED) is 0.455. The second-order valence-corrected chi connectivity index (χ2v) is 4.02. The first kappa shape index (κ1) is 8.11. The van der Waals surface area contributed by atoms with Gasteiger partial charge in [-0.3, -0.25) is 4.79 Å². The van der Waals surface area contributed by atoms with Gasteiger partial charge in [-0.25, -0.2) is 0 Å². The van der Waals surface area contributed by atoms with Gasteiger partial charge < -0.3 is 4.90 Å². The van der Waals surface area contributed by atoms with Crippen LogP contribution in [0.1, 0.15) is 12.8 Å². The van der Waals surface area contributed by atoms with Gasteiger partial charge in [0, 0.05) is 24.9 Å². The number of piperidine rings is 1. The lowest BCUT2D eigenvalue weighted by atomic mass is 9.88. The molecule has 1 fully saturated rings. The van der Waals surface area contributed by atoms with Crippen LogP contribution in [0.3, 0.4) is 0 Å². The molecule has 0 saturated carbocycles. The first-order valence-electron chi connectivity index (χ1n) is 4.36. The highest BCUT2D eigenvalue weighted by atomic mass is 35.5. The third-order valence-corrected chi connectivity index (χ3v) is 3.30. The third-order valence-electron chi connectivity index (χ3n) is 2.69. The Balaban J connectivity index is 2.24. The Bertz CT molecular complexity index is 227. The third kappa shape index (κ3) is 1.24. The van der Waals surface area contributed by atoms with E-state index in [0.717, 1.165) is 31.4 Å². The minimum Gasteiger partial charge on any atom is -0.377 e. The summed E-state index contributed by atoms with van der Waals surface area (Å²) in [5, 5.41) is -0.0425. The fourth-order valence-corrected chi connectivity index (χ4v) is 2.36. The van der Waals surface area contributed by atoms with E-state index in [9.17, 15) is 4.79 Å². The molecule has 0 aliphatic carbocycles. The molecule has 2 aliphatic rings. The van der Waals surface area contributed by atoms with Crippen LogP contribution in [0.2, 0.25) is 0 Å². The number of carbonyl (C=O) groups excluding carboxylic acids is 1. The highest BCUT2D eigenvalue weighted by molar-refractivity contribution is 6.24. The van der Waals surface area contributed by atoms with E-state index in [0.29, 0.717) is 5.92 Å². The number of alkyl halides is 1. The Kier molecular flexibility index (Phi) is 2.09. The molecule has 3 heteroatoms. The van der Waals surface area contributed by atoms with E-state index in [-0.39, 0.29) is 5.38 Å². The van der Waals surface area contributed by atoms with E-state index < -0.39 is 0 Å². The summed E-state index contributed by atoms with van der Waals surface area (Å²) >= 11 is 6.12. The van der Waals surface area contributed by atoms with Gasteiger partial charge in [0.2, 0.25) is 0 Å². The molecule has 2 nitrogen and oxygen atoms in total. The summed E-state index contributed by atoms with van der Waals surface area (Å²) in [6, 6.07) is 0. The minimum absolute atomic E-state index is 0.0425. The van der Waals surface area contributed by atoms with Gasteiger partial charge in [0.15, 0.2) is 0 Å². The molecule has 0 spiro atoms. The van der Waals surface area contributed by atoms with Crippen molar-refractivity contribution in [1.82, 2.24) is 4.90 Å². The lowest BCUT2D eigenvalue weighted by Gasteiger charge is -2.38. The van der Waals surface area contributed by atoms with Crippen molar-refractivity contribution in [3.8, 4) is 0 Å². The average Bonchev–Trinajstić information content (AvgIpc) is 2.12. The minimum atomic E-state index is -0.0425. The van der Waals surface area contributed by atoms with E-state index in [4.69, 9.17) is 11.6 Å². The van der Waals surface area contributed by atoms with Crippen molar-refractivity contribution in [2.24, 2.45) is 5.92 Å². The smallest absolute Gasteiger partial charge is 0.148 e. The van der Waals surface area contributed by atoms with E-state index in [1.807, 2.05) is 6.20 Å². The number of allylic oxidation sites excluding steroid dienone is 1. The van der Waals surface area contributed by atoms with Gasteiger partial charge in [-0.2, -0.15) is 0 Å². The normalized spacial score (nSPS) is 34.4. The van der Waals surface area contributed by atoms with Crippen molar-refractivity contribution in [3.63, 3.8) is 0 Å². The van der Waals surface area contributed by atoms with E-state index in [1.54, 1.807) is 0 Å². The molecule has 12 heavy (non-hydrogen) atoms. The summed E-state index contributed by atoms with van der Waals surface area (Å²) in [6.07, 6.45) is 5.18. The highest BCUT2D eigenvalue weighted by Gasteiger charge is 2.31. The fourth-order valence-electron chi connectivity index (χ4n) is 2.05. The molecule has 0 aromatic rings. The predicted molar refractivity (Wildman–Crippen MR) is 48.1 cm³/mol. The lowest BCUT2D eigenvalue weighted by molar-refractivity contribution is -0.105. The van der Waals surface area contributed by atoms with Gasteiger partial charge in [0.1, 0.15) is 6.29 Å². The van der Waals surface area contributed by atoms with Crippen molar-refractivity contribution in [1.29, 1.82) is 0 Å². The summed E-state index contributed by atoms with van der Waals surface area (Å²) in [6.45, 7) is 2.11. The van der Waals surface area contributed by atoms with Crippen LogP contribution >= 0.6 is 11.6 Å². The average molecular weight is 186 g/mol. The zero-order chi connectivity index (χ0) is 8.55. The molecule has 2 heterocycles. The highest BCUT2D eigenvalue weighted by Crippen LogP contribution is 2.31. The Hall–Kier alpha value is -0.500. The summed E-state index contributed by atoms with van der Waals surface area (Å²) < 4.78 is 0. The number of fused-ring (bicyclic) bond motifs is 2. The second-order valence-electron chi connectivity index (χ2n) is 3.55. The number of hydrogen-bond donors (Lipinski definition) is 0. The van der Waals surface area contributed by atoms with Crippen molar-refractivity contribution in [2.45, 2.75) is 18.2 Å². The van der Waals surface area contributed by atoms with Gasteiger partial charge in [0.25, 0.3) is 0 Å². The maximum atomic E-state index is 10.6. The Morgan fingerprint density at radius 1 is 1.67 bits per heavy atom. The van der Waals surface area contributed by atoms with Crippen molar-refractivity contribution < 1.29 is 4.79 Å². The summed E-state index contributed by atoms with van der Waals surface area (Å²) in [5.41, 5.74) is 0.757. The van der Waals surface area contributed by atoms with Gasteiger partial charge in [-0.15, -0.1) is 11.6 Å². The number of carbonyl (C=O) groups is 1. The molecule has 2 bridgehead atoms. The zero-order valence-electron chi connectivity index (χ0n) is 6.87. The van der Waals surface area contributed by atoms with Crippen LogP contribution < -0.4 is 0 Å². The van der Waals surface area contributed by atoms with Crippen LogP contribution in [0, 0.1) is 5.92 Å². The lowest BCUT2D eigenvalue weighted by Crippen LogP contribution is -2.41. The summed E-state index contributed by atoms with van der Waals surface area (Å²) in [7, 11) is 0. The molecule has 0 aromatic carbocycles. The van der Waals surface area contributed by atoms with Crippen LogP contribution in [0.15, 0.2) is 11.8 Å². The van der Waals surface area contributed by atoms with Crippen LogP contribution in [-0.4, -0.2) is 29.7 Å². The molecule has 2 aliphatic heterocycles. The first-order valence-corrected chi connectivity index (χ1v) is 4.80. The number of rotatable bonds is 1. The van der Waals surface area contributed by atoms with Gasteiger partial charge in [0.05, 0.1) is 5.38 Å². The molecule has 2 atom stereocenters. The molecule has 0 radical (unpaired) electrons. The van der Waals surface area contributed by atoms with Crippen LogP contribution in [0.25, 0.3) is 0 Å². The second kappa shape index (κ2) is 3.09. The standard InChI is InChI=1S/C9H12ClNO/c10-9-7-2-1-3-11(4-7)5-8(9)6-12/h5-7,9H,1-4H2. The molecule has 1 saturated heterocycles. The maximum absolute atomic E-state index is 10.6. The molecule has 66 valence electrons. The molecule has 0 amide bonds. The topological polar surface area (TPSA) is 20.3 Å². The Morgan fingerprint density at radius 3 is 3.25 bits per heavy atom. The maximum Gasteiger partial charge on any atom is 0.148 e. The molecular formula is C9H12ClNO. The van der Waals surface area contributed by atoms with Crippen molar-refractivity contribution in [2.75, 3.05) is 13.1 Å². The van der Waals surface area contributed by atoms with Crippen LogP contribution in [-0.2, 0) is 4.79 Å². The van der Waals surface area contributed by atoms with Crippen molar-refractivity contribution in [3.05, 3.63) is 11.8 Å². The fraction of sp³-hybridized carbons (Fsp3) is 0.667. The van der Waals surface area contributed by atoms with Gasteiger partial charge in [-0.05, 0) is 18.8 Å². The van der Waals surface area contributed by atoms with Crippen LogP contribution in [0.5, 0.6) is 0 Å². The molecule has 0 N–H and O–H groups in total. The number of halogens is 1. The predicted octanol–water partition coefficient (Wildman–Crippen LogP) is 1.40. The SMILES string of the molecule is O=CC1=CN2CCCC(C2)C1Cl. The largest absolute Gasteiger partial charge is 0.377 e. The monoisotopic (exact) mass is 185 g/mol. The summed E-state index contributed by atoms with van der Waals surface area (Å²) in [5.74, 6) is 0.491. The molecule has 2 unspecified atom stereocenters. The number of aldehydes is 1.